The minimum absolute atomic E-state index is 0.242. The normalized spacial score (nSPS) is 11.0. The average Bonchev–Trinajstić information content (AvgIpc) is 3.03. The molecule has 24 heavy (non-hydrogen) atoms. The van der Waals surface area contributed by atoms with Crippen molar-refractivity contribution in [3.05, 3.63) is 88.2 Å². The summed E-state index contributed by atoms with van der Waals surface area (Å²) >= 11 is 0. The Bertz CT molecular complexity index is 1070. The molecule has 3 aromatic heterocycles. The van der Waals surface area contributed by atoms with Crippen molar-refractivity contribution in [2.24, 2.45) is 0 Å². The molecule has 5 nitrogen and oxygen atoms in total. The molecule has 0 saturated carbocycles. The van der Waals surface area contributed by atoms with Gasteiger partial charge in [0.1, 0.15) is 5.82 Å². The van der Waals surface area contributed by atoms with E-state index in [4.69, 9.17) is 0 Å². The summed E-state index contributed by atoms with van der Waals surface area (Å²) in [5, 5.41) is 2.99. The monoisotopic (exact) mass is 320 g/mol. The van der Waals surface area contributed by atoms with Gasteiger partial charge in [-0.2, -0.15) is 0 Å². The van der Waals surface area contributed by atoms with Crippen LogP contribution in [0.25, 0.3) is 17.0 Å². The Kier molecular flexibility index (Phi) is 3.42. The first-order chi connectivity index (χ1) is 11.7. The van der Waals surface area contributed by atoms with Crippen molar-refractivity contribution in [3.8, 4) is 11.4 Å². The maximum atomic E-state index is 13.8. The summed E-state index contributed by atoms with van der Waals surface area (Å²) in [5.74, 6) is -0.303. The number of nitrogens with zero attached hydrogens (tertiary/aromatic N) is 3. The maximum Gasteiger partial charge on any atom is 0.272 e. The number of hydrogen-bond acceptors (Lipinski definition) is 3. The number of benzene rings is 1. The van der Waals surface area contributed by atoms with Crippen LogP contribution >= 0.6 is 0 Å². The minimum atomic E-state index is -0.303. The molecule has 0 amide bonds. The van der Waals surface area contributed by atoms with Gasteiger partial charge in [-0.25, -0.2) is 13.9 Å². The van der Waals surface area contributed by atoms with Crippen LogP contribution in [0.5, 0.6) is 0 Å². The zero-order valence-corrected chi connectivity index (χ0v) is 12.6. The first-order valence-corrected chi connectivity index (χ1v) is 7.47. The van der Waals surface area contributed by atoms with Crippen LogP contribution in [0.2, 0.25) is 0 Å². The summed E-state index contributed by atoms with van der Waals surface area (Å²) < 4.78 is 15.1. The lowest BCUT2D eigenvalue weighted by Crippen LogP contribution is -2.15. The number of fused-ring (bicyclic) bond motifs is 1. The van der Waals surface area contributed by atoms with Crippen LogP contribution < -0.4 is 5.56 Å². The predicted octanol–water partition coefficient (Wildman–Crippen LogP) is 2.81. The van der Waals surface area contributed by atoms with Gasteiger partial charge >= 0.3 is 0 Å². The van der Waals surface area contributed by atoms with Crippen LogP contribution in [0, 0.1) is 5.82 Å². The quantitative estimate of drug-likeness (QED) is 0.631. The molecule has 0 saturated heterocycles. The molecule has 0 radical (unpaired) electrons. The Balaban J connectivity index is 1.77. The highest BCUT2D eigenvalue weighted by Crippen LogP contribution is 2.16. The highest BCUT2D eigenvalue weighted by molar-refractivity contribution is 5.60. The third kappa shape index (κ3) is 2.58. The van der Waals surface area contributed by atoms with E-state index in [1.165, 1.54) is 16.6 Å². The van der Waals surface area contributed by atoms with Crippen molar-refractivity contribution >= 4 is 5.65 Å². The molecule has 0 bridgehead atoms. The summed E-state index contributed by atoms with van der Waals surface area (Å²) in [6.45, 7) is 0. The summed E-state index contributed by atoms with van der Waals surface area (Å²) in [6.07, 6.45) is 1.95. The van der Waals surface area contributed by atoms with E-state index < -0.39 is 0 Å². The summed E-state index contributed by atoms with van der Waals surface area (Å²) in [6, 6.07) is 15.2. The molecular formula is C18H13FN4O. The van der Waals surface area contributed by atoms with Crippen LogP contribution in [-0.4, -0.2) is 19.6 Å². The van der Waals surface area contributed by atoms with Gasteiger partial charge in [0.05, 0.1) is 17.1 Å². The second-order valence-corrected chi connectivity index (χ2v) is 5.43. The Hall–Kier alpha value is -3.28. The van der Waals surface area contributed by atoms with Crippen molar-refractivity contribution in [1.82, 2.24) is 19.6 Å². The fraction of sp³-hybridized carbons (Fsp3) is 0.0556. The minimum Gasteiger partial charge on any atom is -0.287 e. The molecule has 0 aliphatic carbocycles. The second-order valence-electron chi connectivity index (χ2n) is 5.43. The van der Waals surface area contributed by atoms with Crippen LogP contribution in [-0.2, 0) is 6.42 Å². The topological polar surface area (TPSA) is 63.0 Å². The molecular weight excluding hydrogens is 307 g/mol. The molecule has 4 rings (SSSR count). The fourth-order valence-corrected chi connectivity index (χ4v) is 2.62. The van der Waals surface area contributed by atoms with Crippen LogP contribution in [0.15, 0.2) is 65.6 Å². The van der Waals surface area contributed by atoms with Gasteiger partial charge in [-0.05, 0) is 23.8 Å². The number of pyridine rings is 1. The Morgan fingerprint density at radius 2 is 1.92 bits per heavy atom. The van der Waals surface area contributed by atoms with Crippen LogP contribution in [0.1, 0.15) is 11.3 Å². The lowest BCUT2D eigenvalue weighted by atomic mass is 10.1. The van der Waals surface area contributed by atoms with E-state index in [1.54, 1.807) is 30.5 Å². The van der Waals surface area contributed by atoms with Gasteiger partial charge in [-0.1, -0.05) is 24.3 Å². The van der Waals surface area contributed by atoms with E-state index in [2.05, 4.69) is 15.1 Å². The number of nitrogens with one attached hydrogen (secondary N) is 1. The van der Waals surface area contributed by atoms with Gasteiger partial charge in [-0.15, -0.1) is 0 Å². The van der Waals surface area contributed by atoms with Gasteiger partial charge in [0.25, 0.3) is 5.56 Å². The van der Waals surface area contributed by atoms with Crippen LogP contribution in [0.3, 0.4) is 0 Å². The van der Waals surface area contributed by atoms with Crippen molar-refractivity contribution in [2.45, 2.75) is 6.42 Å². The zero-order chi connectivity index (χ0) is 16.5. The third-order valence-electron chi connectivity index (χ3n) is 3.77. The molecule has 0 fully saturated rings. The van der Waals surface area contributed by atoms with E-state index in [1.807, 2.05) is 18.2 Å². The average molecular weight is 320 g/mol. The predicted molar refractivity (Wildman–Crippen MR) is 88.2 cm³/mol. The van der Waals surface area contributed by atoms with Gasteiger partial charge in [0, 0.05) is 24.8 Å². The molecule has 1 N–H and O–H groups in total. The third-order valence-corrected chi connectivity index (χ3v) is 3.77. The lowest BCUT2D eigenvalue weighted by Gasteiger charge is -2.02. The van der Waals surface area contributed by atoms with Gasteiger partial charge in [-0.3, -0.25) is 14.9 Å². The molecule has 4 aromatic rings. The number of halogens is 1. The largest absolute Gasteiger partial charge is 0.287 e. The Labute approximate surface area is 136 Å². The first kappa shape index (κ1) is 14.3. The molecule has 3 heterocycles. The molecule has 118 valence electrons. The highest BCUT2D eigenvalue weighted by Gasteiger charge is 2.10. The molecule has 1 aromatic carbocycles. The van der Waals surface area contributed by atoms with Crippen LogP contribution in [0.4, 0.5) is 4.39 Å². The molecule has 0 aliphatic rings. The molecule has 0 atom stereocenters. The summed E-state index contributed by atoms with van der Waals surface area (Å²) in [4.78, 5) is 21.0. The smallest absolute Gasteiger partial charge is 0.272 e. The van der Waals surface area contributed by atoms with E-state index in [0.717, 1.165) is 5.69 Å². The number of H-pyrrole nitrogens is 1. The number of aromatic amines is 1. The van der Waals surface area contributed by atoms with E-state index in [-0.39, 0.29) is 17.8 Å². The van der Waals surface area contributed by atoms with Crippen molar-refractivity contribution in [3.63, 3.8) is 0 Å². The molecule has 0 unspecified atom stereocenters. The second kappa shape index (κ2) is 5.73. The van der Waals surface area contributed by atoms with E-state index in [0.29, 0.717) is 22.6 Å². The van der Waals surface area contributed by atoms with Gasteiger partial charge in [0.2, 0.25) is 0 Å². The number of hydrogen-bond donors (Lipinski definition) is 1. The van der Waals surface area contributed by atoms with E-state index in [9.17, 15) is 9.18 Å². The van der Waals surface area contributed by atoms with Crippen molar-refractivity contribution in [1.29, 1.82) is 0 Å². The van der Waals surface area contributed by atoms with Crippen molar-refractivity contribution in [2.75, 3.05) is 0 Å². The maximum absolute atomic E-state index is 13.8. The van der Waals surface area contributed by atoms with Gasteiger partial charge < -0.3 is 0 Å². The zero-order valence-electron chi connectivity index (χ0n) is 12.6. The summed E-state index contributed by atoms with van der Waals surface area (Å²) in [5.41, 5.74) is 2.69. The Morgan fingerprint density at radius 1 is 1.08 bits per heavy atom. The summed E-state index contributed by atoms with van der Waals surface area (Å²) in [7, 11) is 0. The lowest BCUT2D eigenvalue weighted by molar-refractivity contribution is 0.613. The SMILES string of the molecule is O=c1cc(Cc2ccccc2F)nc2cc(-c3ccccn3)[nH]n12. The first-order valence-electron chi connectivity index (χ1n) is 7.47. The highest BCUT2D eigenvalue weighted by atomic mass is 19.1. The Morgan fingerprint density at radius 3 is 2.71 bits per heavy atom. The molecule has 6 heteroatoms. The van der Waals surface area contributed by atoms with Gasteiger partial charge in [0.15, 0.2) is 5.65 Å². The fourth-order valence-electron chi connectivity index (χ4n) is 2.62. The van der Waals surface area contributed by atoms with Crippen molar-refractivity contribution < 1.29 is 4.39 Å². The number of aromatic nitrogens is 4. The molecule has 0 spiro atoms. The standard InChI is InChI=1S/C18H13FN4O/c19-14-6-2-1-5-12(14)9-13-10-18(24)23-17(21-13)11-16(22-23)15-7-3-4-8-20-15/h1-8,10-11,22H,9H2. The number of rotatable bonds is 3. The molecule has 0 aliphatic heterocycles. The van der Waals surface area contributed by atoms with E-state index >= 15 is 0 Å².